The van der Waals surface area contributed by atoms with Crippen LogP contribution in [0.15, 0.2) is 52.3 Å². The zero-order chi connectivity index (χ0) is 20.3. The lowest BCUT2D eigenvalue weighted by Gasteiger charge is -2.23. The Labute approximate surface area is 196 Å². The van der Waals surface area contributed by atoms with Gasteiger partial charge in [-0.25, -0.2) is 8.42 Å². The monoisotopic (exact) mass is 481 g/mol. The first-order chi connectivity index (χ1) is 13.8. The maximum absolute atomic E-state index is 13.3. The van der Waals surface area contributed by atoms with Gasteiger partial charge >= 0.3 is 0 Å². The van der Waals surface area contributed by atoms with E-state index in [1.165, 1.54) is 17.7 Å². The predicted molar refractivity (Wildman–Crippen MR) is 129 cm³/mol. The third kappa shape index (κ3) is 4.00. The Hall–Kier alpha value is -1.57. The van der Waals surface area contributed by atoms with E-state index in [9.17, 15) is 8.42 Å². The number of hydrogen-bond acceptors (Lipinski definition) is 4. The van der Waals surface area contributed by atoms with Gasteiger partial charge in [-0.05, 0) is 68.4 Å². The van der Waals surface area contributed by atoms with Crippen LogP contribution >= 0.6 is 24.8 Å². The smallest absolute Gasteiger partial charge is 0.206 e. The molecular formula is C23H29Cl2N3O2S. The average molecular weight is 482 g/mol. The summed E-state index contributed by atoms with van der Waals surface area (Å²) in [7, 11) is 2.55. The van der Waals surface area contributed by atoms with Crippen LogP contribution in [-0.4, -0.2) is 38.0 Å². The number of rotatable bonds is 4. The van der Waals surface area contributed by atoms with Gasteiger partial charge in [0, 0.05) is 48.7 Å². The van der Waals surface area contributed by atoms with Gasteiger partial charge in [0.25, 0.3) is 0 Å². The van der Waals surface area contributed by atoms with E-state index in [0.717, 1.165) is 35.9 Å². The molecule has 2 unspecified atom stereocenters. The van der Waals surface area contributed by atoms with Crippen LogP contribution in [0.4, 0.5) is 0 Å². The standard InChI is InChI=1S/C23H27N3O2S.2ClH/c1-25(2)14-15-4-7-17(8-5-15)29(27,28)18-9-11-21-19(13-18)23-20-10-6-16(24-20)12-22(23)26(21)3;;/h4-5,7-9,11,13,16,20,24H,6,10,12,14H2,1-3H3;2*1H. The zero-order valence-corrected chi connectivity index (χ0v) is 20.4. The van der Waals surface area contributed by atoms with E-state index in [0.29, 0.717) is 21.9 Å². The van der Waals surface area contributed by atoms with Crippen molar-refractivity contribution in [2.24, 2.45) is 7.05 Å². The van der Waals surface area contributed by atoms with Gasteiger partial charge in [0.2, 0.25) is 9.84 Å². The Morgan fingerprint density at radius 1 is 1.03 bits per heavy atom. The van der Waals surface area contributed by atoms with E-state index in [2.05, 4.69) is 21.8 Å². The van der Waals surface area contributed by atoms with E-state index in [1.807, 2.05) is 38.4 Å². The molecule has 168 valence electrons. The minimum absolute atomic E-state index is 0. The predicted octanol–water partition coefficient (Wildman–Crippen LogP) is 4.27. The van der Waals surface area contributed by atoms with Gasteiger partial charge in [0.05, 0.1) is 9.79 Å². The lowest BCUT2D eigenvalue weighted by atomic mass is 9.99. The fourth-order valence-electron chi connectivity index (χ4n) is 5.02. The molecule has 8 heteroatoms. The molecule has 5 rings (SSSR count). The minimum Gasteiger partial charge on any atom is -0.347 e. The molecule has 0 aliphatic carbocycles. The highest BCUT2D eigenvalue weighted by atomic mass is 35.5. The molecule has 1 saturated heterocycles. The van der Waals surface area contributed by atoms with Crippen molar-refractivity contribution in [1.29, 1.82) is 0 Å². The van der Waals surface area contributed by atoms with Crippen LogP contribution in [0.3, 0.4) is 0 Å². The first-order valence-electron chi connectivity index (χ1n) is 10.2. The normalized spacial score (nSPS) is 19.7. The summed E-state index contributed by atoms with van der Waals surface area (Å²) in [4.78, 5) is 2.79. The lowest BCUT2D eigenvalue weighted by molar-refractivity contribution is 0.402. The van der Waals surface area contributed by atoms with Gasteiger partial charge in [-0.15, -0.1) is 24.8 Å². The van der Waals surface area contributed by atoms with Gasteiger partial charge in [0.1, 0.15) is 0 Å². The number of aromatic nitrogens is 1. The van der Waals surface area contributed by atoms with E-state index in [-0.39, 0.29) is 24.8 Å². The maximum Gasteiger partial charge on any atom is 0.206 e. The van der Waals surface area contributed by atoms with E-state index < -0.39 is 9.84 Å². The quantitative estimate of drug-likeness (QED) is 0.604. The topological polar surface area (TPSA) is 54.3 Å². The first-order valence-corrected chi connectivity index (χ1v) is 11.7. The van der Waals surface area contributed by atoms with Crippen molar-refractivity contribution in [2.45, 2.75) is 47.7 Å². The second-order valence-corrected chi connectivity index (χ2v) is 10.6. The van der Waals surface area contributed by atoms with E-state index >= 15 is 0 Å². The molecule has 31 heavy (non-hydrogen) atoms. The van der Waals surface area contributed by atoms with E-state index in [1.54, 1.807) is 18.2 Å². The van der Waals surface area contributed by atoms with Gasteiger partial charge in [-0.3, -0.25) is 0 Å². The van der Waals surface area contributed by atoms with Crippen LogP contribution in [-0.2, 0) is 29.9 Å². The van der Waals surface area contributed by atoms with E-state index in [4.69, 9.17) is 0 Å². The van der Waals surface area contributed by atoms with Crippen LogP contribution in [0, 0.1) is 0 Å². The Balaban J connectivity index is 0.00000136. The molecule has 2 atom stereocenters. The van der Waals surface area contributed by atoms with Gasteiger partial charge < -0.3 is 14.8 Å². The van der Waals surface area contributed by atoms with Crippen LogP contribution < -0.4 is 5.32 Å². The second kappa shape index (κ2) is 8.75. The maximum atomic E-state index is 13.3. The summed E-state index contributed by atoms with van der Waals surface area (Å²) in [6.45, 7) is 0.790. The summed E-state index contributed by atoms with van der Waals surface area (Å²) in [5, 5.41) is 4.77. The molecular weight excluding hydrogens is 453 g/mol. The molecule has 0 amide bonds. The average Bonchev–Trinajstić information content (AvgIpc) is 3.20. The molecule has 0 spiro atoms. The van der Waals surface area contributed by atoms with Crippen molar-refractivity contribution < 1.29 is 8.42 Å². The number of benzene rings is 2. The molecule has 5 nitrogen and oxygen atoms in total. The van der Waals surface area contributed by atoms with Gasteiger partial charge in [0.15, 0.2) is 0 Å². The van der Waals surface area contributed by atoms with Gasteiger partial charge in [-0.1, -0.05) is 12.1 Å². The highest BCUT2D eigenvalue weighted by molar-refractivity contribution is 7.91. The number of aryl methyl sites for hydroxylation is 1. The highest BCUT2D eigenvalue weighted by Crippen LogP contribution is 2.42. The number of nitrogens with zero attached hydrogens (tertiary/aromatic N) is 2. The summed E-state index contributed by atoms with van der Waals surface area (Å²) < 4.78 is 28.9. The largest absolute Gasteiger partial charge is 0.347 e. The number of halogens is 2. The number of sulfone groups is 1. The summed E-state index contributed by atoms with van der Waals surface area (Å²) in [6, 6.07) is 13.8. The summed E-state index contributed by atoms with van der Waals surface area (Å²) in [5.74, 6) is 0. The van der Waals surface area contributed by atoms with Gasteiger partial charge in [-0.2, -0.15) is 0 Å². The molecule has 2 aromatic carbocycles. The van der Waals surface area contributed by atoms with Crippen LogP contribution in [0.5, 0.6) is 0 Å². The molecule has 0 saturated carbocycles. The third-order valence-electron chi connectivity index (χ3n) is 6.41. The lowest BCUT2D eigenvalue weighted by Crippen LogP contribution is -2.32. The molecule has 2 aliphatic rings. The second-order valence-electron chi connectivity index (χ2n) is 8.68. The zero-order valence-electron chi connectivity index (χ0n) is 18.0. The van der Waals surface area contributed by atoms with Crippen molar-refractivity contribution in [2.75, 3.05) is 14.1 Å². The Bertz CT molecular complexity index is 1200. The Kier molecular flexibility index (Phi) is 6.80. The fraction of sp³-hybridized carbons (Fsp3) is 0.391. The number of fused-ring (bicyclic) bond motifs is 6. The van der Waals surface area contributed by atoms with Crippen LogP contribution in [0.25, 0.3) is 10.9 Å². The SMILES string of the molecule is CN(C)Cc1ccc(S(=O)(=O)c2ccc3c(c2)c2c(n3C)CC3CCC2N3)cc1.Cl.Cl. The van der Waals surface area contributed by atoms with Crippen molar-refractivity contribution in [3.63, 3.8) is 0 Å². The molecule has 1 aromatic heterocycles. The Morgan fingerprint density at radius 2 is 1.71 bits per heavy atom. The summed E-state index contributed by atoms with van der Waals surface area (Å²) in [6.07, 6.45) is 3.34. The summed E-state index contributed by atoms with van der Waals surface area (Å²) in [5.41, 5.74) is 4.87. The molecule has 1 fully saturated rings. The molecule has 0 radical (unpaired) electrons. The van der Waals surface area contributed by atoms with Crippen molar-refractivity contribution in [1.82, 2.24) is 14.8 Å². The Morgan fingerprint density at radius 3 is 2.39 bits per heavy atom. The van der Waals surface area contributed by atoms with Crippen molar-refractivity contribution in [3.8, 4) is 0 Å². The molecule has 3 heterocycles. The fourth-order valence-corrected chi connectivity index (χ4v) is 6.31. The van der Waals surface area contributed by atoms with Crippen LogP contribution in [0.1, 0.15) is 35.7 Å². The molecule has 1 N–H and O–H groups in total. The summed E-state index contributed by atoms with van der Waals surface area (Å²) >= 11 is 0. The van der Waals surface area contributed by atoms with Crippen molar-refractivity contribution in [3.05, 3.63) is 59.3 Å². The molecule has 2 bridgehead atoms. The van der Waals surface area contributed by atoms with Crippen LogP contribution in [0.2, 0.25) is 0 Å². The van der Waals surface area contributed by atoms with Crippen molar-refractivity contribution >= 4 is 45.6 Å². The third-order valence-corrected chi connectivity index (χ3v) is 8.17. The number of hydrogen-bond donors (Lipinski definition) is 1. The molecule has 3 aromatic rings. The minimum atomic E-state index is -3.55. The number of nitrogens with one attached hydrogen (secondary N) is 1. The first kappa shape index (κ1) is 24.1. The molecule has 2 aliphatic heterocycles. The highest BCUT2D eigenvalue weighted by Gasteiger charge is 2.36.